The number of nitrogens with zero attached hydrogens (tertiary/aromatic N) is 3. The van der Waals surface area contributed by atoms with Crippen LogP contribution in [0, 0.1) is 34.6 Å². The van der Waals surface area contributed by atoms with Crippen molar-refractivity contribution < 1.29 is 9.18 Å². The molecule has 4 atom stereocenters. The van der Waals surface area contributed by atoms with Gasteiger partial charge in [0.2, 0.25) is 5.69 Å². The van der Waals surface area contributed by atoms with Gasteiger partial charge >= 0.3 is 5.91 Å². The van der Waals surface area contributed by atoms with Crippen molar-refractivity contribution in [1.29, 1.82) is 0 Å². The average molecular weight is 531 g/mol. The number of aromatic nitrogens is 2. The van der Waals surface area contributed by atoms with Gasteiger partial charge in [0.05, 0.1) is 12.5 Å². The van der Waals surface area contributed by atoms with Crippen molar-refractivity contribution in [3.05, 3.63) is 57.4 Å². The molecule has 3 unspecified atom stereocenters. The number of carbonyl (C=O) groups is 1. The molecule has 1 aromatic carbocycles. The molecule has 39 heavy (non-hydrogen) atoms. The lowest BCUT2D eigenvalue weighted by Crippen LogP contribution is -2.34. The molecule has 4 aliphatic carbocycles. The maximum Gasteiger partial charge on any atom is 0.568 e. The van der Waals surface area contributed by atoms with Gasteiger partial charge in [0.1, 0.15) is 5.82 Å². The van der Waals surface area contributed by atoms with Crippen molar-refractivity contribution in [2.45, 2.75) is 123 Å². The summed E-state index contributed by atoms with van der Waals surface area (Å²) < 4.78 is 15.9. The van der Waals surface area contributed by atoms with Crippen molar-refractivity contribution in [2.24, 2.45) is 22.7 Å². The van der Waals surface area contributed by atoms with Crippen LogP contribution in [-0.2, 0) is 12.8 Å². The van der Waals surface area contributed by atoms with Gasteiger partial charge in [-0.3, -0.25) is 4.68 Å². The van der Waals surface area contributed by atoms with Crippen molar-refractivity contribution in [1.82, 2.24) is 9.78 Å². The number of hydrogen-bond acceptors (Lipinski definition) is 2. The van der Waals surface area contributed by atoms with E-state index in [0.717, 1.165) is 68.4 Å². The minimum Gasteiger partial charge on any atom is -0.265 e. The maximum absolute atomic E-state index is 13.7. The van der Waals surface area contributed by atoms with Gasteiger partial charge in [-0.05, 0) is 98.1 Å². The number of benzene rings is 1. The molecular weight excluding hydrogens is 485 g/mol. The summed E-state index contributed by atoms with van der Waals surface area (Å²) in [5, 5.41) is 5.07. The number of hydrogen-bond donors (Lipinski definition) is 0. The number of halogens is 1. The lowest BCUT2D eigenvalue weighted by atomic mass is 9.63. The van der Waals surface area contributed by atoms with Gasteiger partial charge in [0.15, 0.2) is 0 Å². The summed E-state index contributed by atoms with van der Waals surface area (Å²) in [7, 11) is 0. The van der Waals surface area contributed by atoms with E-state index in [1.165, 1.54) is 44.2 Å². The highest BCUT2D eigenvalue weighted by atomic mass is 19.1. The Labute approximate surface area is 233 Å². The number of amides is 1. The van der Waals surface area contributed by atoms with E-state index in [4.69, 9.17) is 5.10 Å². The van der Waals surface area contributed by atoms with Gasteiger partial charge in [0, 0.05) is 22.0 Å². The first-order chi connectivity index (χ1) is 18.8. The molecule has 0 N–H and O–H groups in total. The van der Waals surface area contributed by atoms with E-state index in [0.29, 0.717) is 23.1 Å². The van der Waals surface area contributed by atoms with E-state index in [-0.39, 0.29) is 23.1 Å². The summed E-state index contributed by atoms with van der Waals surface area (Å²) in [6, 6.07) is 10.5. The Hall–Kier alpha value is -2.48. The van der Waals surface area contributed by atoms with Gasteiger partial charge < -0.3 is 0 Å². The Morgan fingerprint density at radius 3 is 2.51 bits per heavy atom. The van der Waals surface area contributed by atoms with Gasteiger partial charge in [-0.15, -0.1) is 0 Å². The summed E-state index contributed by atoms with van der Waals surface area (Å²) in [6.45, 7) is 7.25. The van der Waals surface area contributed by atoms with Crippen molar-refractivity contribution in [3.8, 4) is 6.07 Å². The second kappa shape index (κ2) is 10.5. The molecule has 3 saturated carbocycles. The summed E-state index contributed by atoms with van der Waals surface area (Å²) in [6.07, 6.45) is 15.6. The van der Waals surface area contributed by atoms with Crippen molar-refractivity contribution in [3.63, 3.8) is 0 Å². The van der Waals surface area contributed by atoms with Crippen LogP contribution in [0.25, 0.3) is 4.85 Å². The van der Waals surface area contributed by atoms with E-state index in [2.05, 4.69) is 36.4 Å². The van der Waals surface area contributed by atoms with Crippen LogP contribution in [0.1, 0.15) is 137 Å². The zero-order valence-electron chi connectivity index (χ0n) is 24.1. The van der Waals surface area contributed by atoms with E-state index in [9.17, 15) is 9.18 Å². The van der Waals surface area contributed by atoms with Crippen LogP contribution in [0.2, 0.25) is 0 Å². The van der Waals surface area contributed by atoms with Crippen LogP contribution in [-0.4, -0.2) is 15.7 Å². The summed E-state index contributed by atoms with van der Waals surface area (Å²) >= 11 is 0. The molecule has 0 saturated heterocycles. The third kappa shape index (κ3) is 4.98. The molecule has 208 valence electrons. The van der Waals surface area contributed by atoms with Crippen LogP contribution >= 0.6 is 0 Å². The van der Waals surface area contributed by atoms with Crippen LogP contribution in [0.5, 0.6) is 0 Å². The lowest BCUT2D eigenvalue weighted by Gasteiger charge is -2.41. The topological polar surface area (TPSA) is 39.2 Å². The molecule has 1 amide bonds. The molecule has 4 aliphatic rings. The average Bonchev–Trinajstić information content (AvgIpc) is 3.51. The van der Waals surface area contributed by atoms with Crippen LogP contribution in [0.15, 0.2) is 24.3 Å². The molecular formula is C34H45FN3O+. The first-order valence-electron chi connectivity index (χ1n) is 15.6. The molecule has 6 rings (SSSR count). The van der Waals surface area contributed by atoms with Gasteiger partial charge in [0.25, 0.3) is 6.07 Å². The SMILES string of the molecule is CC12CCC(C1)C(C)(C)[C@H]2CC#[N+]C(=O)c1nn(C2CCCCC2)c2c1CCCCC2Cc1ccc(F)cc1. The molecule has 3 fully saturated rings. The zero-order valence-corrected chi connectivity index (χ0v) is 24.1. The summed E-state index contributed by atoms with van der Waals surface area (Å²) in [4.78, 5) is 18.1. The molecule has 0 aliphatic heterocycles. The Kier molecular flexibility index (Phi) is 7.19. The highest BCUT2D eigenvalue weighted by Crippen LogP contribution is 2.66. The normalized spacial score (nSPS) is 29.9. The monoisotopic (exact) mass is 530 g/mol. The van der Waals surface area contributed by atoms with Crippen molar-refractivity contribution in [2.75, 3.05) is 0 Å². The minimum atomic E-state index is -0.214. The number of rotatable bonds is 5. The molecule has 1 aromatic heterocycles. The number of fused-ring (bicyclic) bond motifs is 3. The maximum atomic E-state index is 13.7. The summed E-state index contributed by atoms with van der Waals surface area (Å²) in [5.41, 5.74) is 4.72. The Morgan fingerprint density at radius 2 is 1.79 bits per heavy atom. The van der Waals surface area contributed by atoms with E-state index in [1.54, 1.807) is 12.1 Å². The minimum absolute atomic E-state index is 0.197. The molecule has 4 nitrogen and oxygen atoms in total. The predicted molar refractivity (Wildman–Crippen MR) is 154 cm³/mol. The molecule has 0 spiro atoms. The fourth-order valence-electron chi connectivity index (χ4n) is 9.05. The molecule has 2 bridgehead atoms. The Bertz CT molecular complexity index is 1270. The summed E-state index contributed by atoms with van der Waals surface area (Å²) in [5.74, 6) is 1.18. The Morgan fingerprint density at radius 1 is 1.05 bits per heavy atom. The van der Waals surface area contributed by atoms with Crippen LogP contribution in [0.3, 0.4) is 0 Å². The van der Waals surface area contributed by atoms with E-state index < -0.39 is 0 Å². The molecule has 5 heteroatoms. The molecule has 2 aromatic rings. The third-order valence-electron chi connectivity index (χ3n) is 11.2. The standard InChI is InChI=1S/C34H45FN3O/c1-33(2)25-17-19-34(3,22-25)29(33)18-20-36-32(39)30-28-12-8-7-9-24(21-23-13-15-26(35)16-14-23)31(28)38(37-30)27-10-5-4-6-11-27/h13-16,24-25,27,29H,4-12,17-19,21-22H2,1-3H3/q+1/t24?,25?,29-,34?/m1/s1. The van der Waals surface area contributed by atoms with E-state index >= 15 is 0 Å². The van der Waals surface area contributed by atoms with Crippen LogP contribution in [0.4, 0.5) is 4.39 Å². The highest BCUT2D eigenvalue weighted by Gasteiger charge is 2.59. The second-order valence-electron chi connectivity index (χ2n) is 14.0. The quantitative estimate of drug-likeness (QED) is 0.362. The fourth-order valence-corrected chi connectivity index (χ4v) is 9.05. The predicted octanol–water partition coefficient (Wildman–Crippen LogP) is 8.91. The number of carbonyl (C=O) groups excluding carboxylic acids is 1. The first-order valence-corrected chi connectivity index (χ1v) is 15.6. The second-order valence-corrected chi connectivity index (χ2v) is 14.0. The van der Waals surface area contributed by atoms with E-state index in [1.807, 2.05) is 12.1 Å². The van der Waals surface area contributed by atoms with Gasteiger partial charge in [-0.2, -0.15) is 9.89 Å². The van der Waals surface area contributed by atoms with Gasteiger partial charge in [-0.25, -0.2) is 4.39 Å². The Balaban J connectivity index is 1.31. The fraction of sp³-hybridized carbons (Fsp3) is 0.676. The highest BCUT2D eigenvalue weighted by molar-refractivity contribution is 6.02. The van der Waals surface area contributed by atoms with Crippen LogP contribution < -0.4 is 0 Å². The zero-order chi connectivity index (χ0) is 27.2. The molecule has 0 radical (unpaired) electrons. The lowest BCUT2D eigenvalue weighted by molar-refractivity contribution is 0.0786. The van der Waals surface area contributed by atoms with Gasteiger partial charge in [-0.1, -0.05) is 58.6 Å². The first kappa shape index (κ1) is 26.7. The van der Waals surface area contributed by atoms with Crippen molar-refractivity contribution >= 4 is 5.91 Å². The largest absolute Gasteiger partial charge is 0.568 e. The molecule has 1 heterocycles. The third-order valence-corrected chi connectivity index (χ3v) is 11.2. The smallest absolute Gasteiger partial charge is 0.265 e.